The number of carbonyl (C=O) groups is 1. The van der Waals surface area contributed by atoms with Crippen molar-refractivity contribution in [1.29, 1.82) is 0 Å². The first-order valence-corrected chi connectivity index (χ1v) is 10.4. The Morgan fingerprint density at radius 1 is 1.12 bits per heavy atom. The molecule has 0 spiro atoms. The van der Waals surface area contributed by atoms with Crippen molar-refractivity contribution < 1.29 is 13.9 Å². The lowest BCUT2D eigenvalue weighted by Crippen LogP contribution is -2.50. The van der Waals surface area contributed by atoms with E-state index in [0.717, 1.165) is 44.1 Å². The van der Waals surface area contributed by atoms with Gasteiger partial charge in [-0.15, -0.1) is 0 Å². The van der Waals surface area contributed by atoms with Gasteiger partial charge in [-0.3, -0.25) is 4.79 Å². The Morgan fingerprint density at radius 2 is 1.88 bits per heavy atom. The SMILES string of the molecule is O=C(COc1ccc(F)cc1)N1CCCSCC1CN1CCCCC1. The summed E-state index contributed by atoms with van der Waals surface area (Å²) in [7, 11) is 0. The Hall–Kier alpha value is -1.27. The number of likely N-dealkylation sites (tertiary alicyclic amines) is 1. The number of ether oxygens (including phenoxy) is 1. The Morgan fingerprint density at radius 3 is 2.64 bits per heavy atom. The first kappa shape index (κ1) is 18.5. The third-order valence-corrected chi connectivity index (χ3v) is 6.05. The zero-order chi connectivity index (χ0) is 17.5. The molecule has 2 aliphatic heterocycles. The van der Waals surface area contributed by atoms with E-state index in [4.69, 9.17) is 4.74 Å². The predicted octanol–water partition coefficient (Wildman–Crippen LogP) is 3.02. The van der Waals surface area contributed by atoms with E-state index < -0.39 is 0 Å². The summed E-state index contributed by atoms with van der Waals surface area (Å²) in [4.78, 5) is 17.3. The van der Waals surface area contributed by atoms with E-state index in [-0.39, 0.29) is 24.4 Å². The summed E-state index contributed by atoms with van der Waals surface area (Å²) in [5.74, 6) is 2.38. The molecule has 1 amide bonds. The summed E-state index contributed by atoms with van der Waals surface area (Å²) in [6, 6.07) is 6.08. The van der Waals surface area contributed by atoms with Gasteiger partial charge in [0.2, 0.25) is 0 Å². The van der Waals surface area contributed by atoms with Crippen molar-refractivity contribution in [3.63, 3.8) is 0 Å². The number of carbonyl (C=O) groups excluding carboxylic acids is 1. The van der Waals surface area contributed by atoms with E-state index in [0.29, 0.717) is 5.75 Å². The van der Waals surface area contributed by atoms with Crippen LogP contribution in [0.3, 0.4) is 0 Å². The number of halogens is 1. The number of rotatable bonds is 5. The lowest BCUT2D eigenvalue weighted by molar-refractivity contribution is -0.135. The average molecular weight is 367 g/mol. The van der Waals surface area contributed by atoms with Gasteiger partial charge in [-0.05, 0) is 62.4 Å². The van der Waals surface area contributed by atoms with Crippen LogP contribution in [0.2, 0.25) is 0 Å². The highest BCUT2D eigenvalue weighted by Crippen LogP contribution is 2.20. The molecule has 0 radical (unpaired) electrons. The second kappa shape index (κ2) is 9.43. The van der Waals surface area contributed by atoms with Gasteiger partial charge >= 0.3 is 0 Å². The maximum atomic E-state index is 13.0. The van der Waals surface area contributed by atoms with Gasteiger partial charge in [0.25, 0.3) is 5.91 Å². The van der Waals surface area contributed by atoms with Crippen molar-refractivity contribution in [2.45, 2.75) is 31.7 Å². The van der Waals surface area contributed by atoms with E-state index in [1.54, 1.807) is 12.1 Å². The molecule has 1 aromatic rings. The third-order valence-electron chi connectivity index (χ3n) is 4.85. The zero-order valence-electron chi connectivity index (χ0n) is 14.7. The lowest BCUT2D eigenvalue weighted by Gasteiger charge is -2.35. The number of benzene rings is 1. The van der Waals surface area contributed by atoms with Crippen molar-refractivity contribution in [3.8, 4) is 5.75 Å². The van der Waals surface area contributed by atoms with E-state index in [1.807, 2.05) is 16.7 Å². The Balaban J connectivity index is 1.57. The molecular weight excluding hydrogens is 339 g/mol. The molecular formula is C19H27FN2O2S. The molecule has 0 aromatic heterocycles. The first-order chi connectivity index (χ1) is 12.2. The molecule has 2 fully saturated rings. The first-order valence-electron chi connectivity index (χ1n) is 9.20. The average Bonchev–Trinajstić information content (AvgIpc) is 2.87. The van der Waals surface area contributed by atoms with Crippen molar-refractivity contribution in [2.24, 2.45) is 0 Å². The molecule has 138 valence electrons. The molecule has 0 aliphatic carbocycles. The fourth-order valence-electron chi connectivity index (χ4n) is 3.51. The standard InChI is InChI=1S/C19H27FN2O2S/c20-16-5-7-18(8-6-16)24-14-19(23)22-11-4-12-25-15-17(22)13-21-9-2-1-3-10-21/h5-8,17H,1-4,9-15H2. The summed E-state index contributed by atoms with van der Waals surface area (Å²) in [6.07, 6.45) is 4.89. The fourth-order valence-corrected chi connectivity index (χ4v) is 4.56. The van der Waals surface area contributed by atoms with Crippen LogP contribution in [0.4, 0.5) is 4.39 Å². The van der Waals surface area contributed by atoms with Gasteiger partial charge < -0.3 is 14.5 Å². The van der Waals surface area contributed by atoms with Crippen LogP contribution in [0.5, 0.6) is 5.75 Å². The van der Waals surface area contributed by atoms with Gasteiger partial charge in [-0.2, -0.15) is 11.8 Å². The van der Waals surface area contributed by atoms with Gasteiger partial charge in [0, 0.05) is 18.8 Å². The van der Waals surface area contributed by atoms with Crippen LogP contribution in [-0.4, -0.2) is 66.0 Å². The highest BCUT2D eigenvalue weighted by Gasteiger charge is 2.28. The molecule has 6 heteroatoms. The van der Waals surface area contributed by atoms with Gasteiger partial charge in [-0.25, -0.2) is 4.39 Å². The molecule has 2 aliphatic rings. The molecule has 0 N–H and O–H groups in total. The van der Waals surface area contributed by atoms with Gasteiger partial charge in [0.1, 0.15) is 11.6 Å². The van der Waals surface area contributed by atoms with Crippen LogP contribution >= 0.6 is 11.8 Å². The van der Waals surface area contributed by atoms with Crippen molar-refractivity contribution in [3.05, 3.63) is 30.1 Å². The van der Waals surface area contributed by atoms with Crippen molar-refractivity contribution in [2.75, 3.05) is 44.3 Å². The fraction of sp³-hybridized carbons (Fsp3) is 0.632. The van der Waals surface area contributed by atoms with Crippen LogP contribution in [0, 0.1) is 5.82 Å². The second-order valence-corrected chi connectivity index (χ2v) is 7.92. The van der Waals surface area contributed by atoms with Crippen LogP contribution in [-0.2, 0) is 4.79 Å². The molecule has 1 unspecified atom stereocenters. The van der Waals surface area contributed by atoms with E-state index in [9.17, 15) is 9.18 Å². The molecule has 3 rings (SSSR count). The highest BCUT2D eigenvalue weighted by atomic mass is 32.2. The normalized spacial score (nSPS) is 22.4. The van der Waals surface area contributed by atoms with Crippen LogP contribution < -0.4 is 4.74 Å². The molecule has 4 nitrogen and oxygen atoms in total. The molecule has 1 atom stereocenters. The predicted molar refractivity (Wildman–Crippen MR) is 99.6 cm³/mol. The monoisotopic (exact) mass is 366 g/mol. The maximum absolute atomic E-state index is 13.0. The van der Waals surface area contributed by atoms with Crippen LogP contribution in [0.15, 0.2) is 24.3 Å². The van der Waals surface area contributed by atoms with Gasteiger partial charge in [0.15, 0.2) is 6.61 Å². The number of hydrogen-bond donors (Lipinski definition) is 0. The topological polar surface area (TPSA) is 32.8 Å². The number of nitrogens with zero attached hydrogens (tertiary/aromatic N) is 2. The van der Waals surface area contributed by atoms with E-state index >= 15 is 0 Å². The molecule has 2 heterocycles. The van der Waals surface area contributed by atoms with Gasteiger partial charge in [-0.1, -0.05) is 6.42 Å². The Labute approximate surface area is 153 Å². The third kappa shape index (κ3) is 5.61. The summed E-state index contributed by atoms with van der Waals surface area (Å²) < 4.78 is 18.5. The molecule has 1 aromatic carbocycles. The zero-order valence-corrected chi connectivity index (χ0v) is 15.5. The lowest BCUT2D eigenvalue weighted by atomic mass is 10.1. The maximum Gasteiger partial charge on any atom is 0.260 e. The summed E-state index contributed by atoms with van der Waals surface area (Å²) in [6.45, 7) is 4.09. The second-order valence-electron chi connectivity index (χ2n) is 6.77. The minimum atomic E-state index is -0.301. The molecule has 0 bridgehead atoms. The number of piperidine rings is 1. The number of thioether (sulfide) groups is 1. The van der Waals surface area contributed by atoms with Gasteiger partial charge in [0.05, 0.1) is 6.04 Å². The smallest absolute Gasteiger partial charge is 0.260 e. The summed E-state index contributed by atoms with van der Waals surface area (Å²) in [5.41, 5.74) is 0. The Kier molecular flexibility index (Phi) is 6.99. The quantitative estimate of drug-likeness (QED) is 0.802. The highest BCUT2D eigenvalue weighted by molar-refractivity contribution is 7.99. The van der Waals surface area contributed by atoms with Crippen molar-refractivity contribution >= 4 is 17.7 Å². The molecule has 2 saturated heterocycles. The number of hydrogen-bond acceptors (Lipinski definition) is 4. The van der Waals surface area contributed by atoms with Crippen LogP contribution in [0.1, 0.15) is 25.7 Å². The summed E-state index contributed by atoms with van der Waals surface area (Å²) in [5, 5.41) is 0. The Bertz CT molecular complexity index is 549. The van der Waals surface area contributed by atoms with Crippen LogP contribution in [0.25, 0.3) is 0 Å². The molecule has 0 saturated carbocycles. The van der Waals surface area contributed by atoms with E-state index in [2.05, 4.69) is 4.90 Å². The number of amides is 1. The van der Waals surface area contributed by atoms with E-state index in [1.165, 1.54) is 31.4 Å². The molecule has 25 heavy (non-hydrogen) atoms. The minimum Gasteiger partial charge on any atom is -0.484 e. The minimum absolute atomic E-state index is 0.0206. The largest absolute Gasteiger partial charge is 0.484 e. The summed E-state index contributed by atoms with van der Waals surface area (Å²) >= 11 is 1.95. The van der Waals surface area contributed by atoms with Crippen molar-refractivity contribution in [1.82, 2.24) is 9.80 Å².